The maximum absolute atomic E-state index is 13.8. The normalized spacial score (nSPS) is 15.9. The van der Waals surface area contributed by atoms with Crippen molar-refractivity contribution in [2.75, 3.05) is 13.4 Å². The van der Waals surface area contributed by atoms with Crippen LogP contribution in [0.25, 0.3) is 11.0 Å². The van der Waals surface area contributed by atoms with Gasteiger partial charge in [-0.05, 0) is 54.4 Å². The fourth-order valence-electron chi connectivity index (χ4n) is 4.81. The van der Waals surface area contributed by atoms with Crippen molar-refractivity contribution in [2.45, 2.75) is 19.5 Å². The fraction of sp³-hybridized carbons (Fsp3) is 0.172. The molecule has 7 nitrogen and oxygen atoms in total. The number of hydrogen-bond donors (Lipinski definition) is 0. The molecule has 0 aliphatic carbocycles. The van der Waals surface area contributed by atoms with Crippen molar-refractivity contribution in [3.05, 3.63) is 112 Å². The number of nitrogens with zero attached hydrogens (tertiary/aromatic N) is 1. The van der Waals surface area contributed by atoms with Crippen LogP contribution in [0.2, 0.25) is 0 Å². The smallest absolute Gasteiger partial charge is 0.291 e. The Morgan fingerprint density at radius 3 is 2.78 bits per heavy atom. The number of benzene rings is 3. The van der Waals surface area contributed by atoms with Crippen LogP contribution in [0.3, 0.4) is 0 Å². The van der Waals surface area contributed by atoms with E-state index in [2.05, 4.69) is 6.58 Å². The molecule has 3 heterocycles. The highest BCUT2D eigenvalue weighted by Crippen LogP contribution is 2.41. The van der Waals surface area contributed by atoms with Gasteiger partial charge in [0, 0.05) is 6.54 Å². The topological polar surface area (TPSA) is 78.2 Å². The minimum absolute atomic E-state index is 0.0690. The maximum Gasteiger partial charge on any atom is 0.291 e. The molecule has 6 rings (SSSR count). The zero-order chi connectivity index (χ0) is 24.8. The third kappa shape index (κ3) is 3.60. The summed E-state index contributed by atoms with van der Waals surface area (Å²) in [5.41, 5.74) is 3.05. The summed E-state index contributed by atoms with van der Waals surface area (Å²) in [5.74, 6) is 1.64. The molecule has 0 saturated heterocycles. The highest BCUT2D eigenvalue weighted by atomic mass is 16.7. The van der Waals surface area contributed by atoms with E-state index in [0.717, 1.165) is 16.7 Å². The summed E-state index contributed by atoms with van der Waals surface area (Å²) < 4.78 is 22.7. The molecule has 0 N–H and O–H groups in total. The highest BCUT2D eigenvalue weighted by molar-refractivity contribution is 5.99. The lowest BCUT2D eigenvalue weighted by Gasteiger charge is -2.25. The van der Waals surface area contributed by atoms with Gasteiger partial charge < -0.3 is 23.5 Å². The Labute approximate surface area is 207 Å². The molecule has 4 aromatic rings. The molecule has 0 fully saturated rings. The van der Waals surface area contributed by atoms with Crippen LogP contribution in [0, 0.1) is 6.92 Å². The Balaban J connectivity index is 1.50. The van der Waals surface area contributed by atoms with Crippen LogP contribution >= 0.6 is 0 Å². The van der Waals surface area contributed by atoms with Crippen LogP contribution in [-0.4, -0.2) is 24.2 Å². The monoisotopic (exact) mass is 481 g/mol. The molecule has 0 radical (unpaired) electrons. The molecular weight excluding hydrogens is 458 g/mol. The zero-order valence-electron chi connectivity index (χ0n) is 19.7. The average Bonchev–Trinajstić information content (AvgIpc) is 3.46. The van der Waals surface area contributed by atoms with Crippen molar-refractivity contribution < 1.29 is 23.4 Å². The predicted octanol–water partition coefficient (Wildman–Crippen LogP) is 5.14. The lowest BCUT2D eigenvalue weighted by atomic mass is 9.97. The average molecular weight is 482 g/mol. The van der Waals surface area contributed by atoms with Gasteiger partial charge >= 0.3 is 0 Å². The molecule has 3 aromatic carbocycles. The Hall–Kier alpha value is -4.52. The lowest BCUT2D eigenvalue weighted by molar-refractivity contribution is 0.0714. The second-order valence-electron chi connectivity index (χ2n) is 8.87. The van der Waals surface area contributed by atoms with Crippen LogP contribution in [0.5, 0.6) is 17.2 Å². The first-order chi connectivity index (χ1) is 17.5. The third-order valence-electron chi connectivity index (χ3n) is 6.45. The molecule has 2 aliphatic rings. The molecule has 36 heavy (non-hydrogen) atoms. The SMILES string of the molecule is C=CCOc1cccc([C@@H]2c3c(oc4ccc(C)cc4c3=O)C(=O)N2Cc2ccc3c(c2)OCO3)c1. The maximum atomic E-state index is 13.8. The van der Waals surface area contributed by atoms with Crippen molar-refractivity contribution in [1.82, 2.24) is 4.90 Å². The first-order valence-corrected chi connectivity index (χ1v) is 11.6. The van der Waals surface area contributed by atoms with E-state index in [1.807, 2.05) is 55.5 Å². The zero-order valence-corrected chi connectivity index (χ0v) is 19.7. The summed E-state index contributed by atoms with van der Waals surface area (Å²) in [6.45, 7) is 6.37. The first-order valence-electron chi connectivity index (χ1n) is 11.6. The van der Waals surface area contributed by atoms with Gasteiger partial charge in [-0.25, -0.2) is 0 Å². The molecular formula is C29H23NO6. The molecule has 0 unspecified atom stereocenters. The standard InChI is InChI=1S/C29H23NO6/c1-3-11-33-20-6-4-5-19(14-20)26-25-27(31)21-12-17(2)7-9-22(21)36-28(25)29(32)30(26)15-18-8-10-23-24(13-18)35-16-34-23/h3-10,12-14,26H,1,11,15-16H2,2H3/t26-/m1/s1. The molecule has 0 spiro atoms. The van der Waals surface area contributed by atoms with E-state index in [-0.39, 0.29) is 30.4 Å². The Kier molecular flexibility index (Phi) is 5.25. The number of aryl methyl sites for hydroxylation is 1. The summed E-state index contributed by atoms with van der Waals surface area (Å²) in [7, 11) is 0. The van der Waals surface area contributed by atoms with Gasteiger partial charge in [0.05, 0.1) is 17.0 Å². The van der Waals surface area contributed by atoms with Gasteiger partial charge in [-0.2, -0.15) is 0 Å². The van der Waals surface area contributed by atoms with Gasteiger partial charge in [0.2, 0.25) is 12.6 Å². The van der Waals surface area contributed by atoms with Crippen molar-refractivity contribution in [2.24, 2.45) is 0 Å². The van der Waals surface area contributed by atoms with Crippen LogP contribution < -0.4 is 19.6 Å². The van der Waals surface area contributed by atoms with E-state index >= 15 is 0 Å². The van der Waals surface area contributed by atoms with E-state index in [1.165, 1.54) is 0 Å². The number of rotatable bonds is 6. The van der Waals surface area contributed by atoms with E-state index in [1.54, 1.807) is 23.1 Å². The van der Waals surface area contributed by atoms with Crippen LogP contribution in [0.4, 0.5) is 0 Å². The molecule has 2 aliphatic heterocycles. The predicted molar refractivity (Wildman–Crippen MR) is 134 cm³/mol. The summed E-state index contributed by atoms with van der Waals surface area (Å²) in [4.78, 5) is 29.2. The summed E-state index contributed by atoms with van der Waals surface area (Å²) in [6.07, 6.45) is 1.66. The number of ether oxygens (including phenoxy) is 3. The third-order valence-corrected chi connectivity index (χ3v) is 6.45. The number of carbonyl (C=O) groups excluding carboxylic acids is 1. The molecule has 1 amide bonds. The van der Waals surface area contributed by atoms with Crippen molar-refractivity contribution in [3.63, 3.8) is 0 Å². The molecule has 0 bridgehead atoms. The minimum atomic E-state index is -0.647. The molecule has 1 aromatic heterocycles. The van der Waals surface area contributed by atoms with Gasteiger partial charge in [0.15, 0.2) is 16.9 Å². The molecule has 0 saturated carbocycles. The quantitative estimate of drug-likeness (QED) is 0.355. The lowest BCUT2D eigenvalue weighted by Crippen LogP contribution is -2.29. The van der Waals surface area contributed by atoms with Crippen LogP contribution in [0.1, 0.15) is 38.9 Å². The van der Waals surface area contributed by atoms with Gasteiger partial charge in [-0.15, -0.1) is 0 Å². The number of carbonyl (C=O) groups is 1. The van der Waals surface area contributed by atoms with Crippen LogP contribution in [0.15, 0.2) is 82.5 Å². The highest BCUT2D eigenvalue weighted by Gasteiger charge is 2.43. The van der Waals surface area contributed by atoms with E-state index in [9.17, 15) is 9.59 Å². The van der Waals surface area contributed by atoms with Gasteiger partial charge in [0.1, 0.15) is 17.9 Å². The van der Waals surface area contributed by atoms with Gasteiger partial charge in [-0.3, -0.25) is 9.59 Å². The molecule has 7 heteroatoms. The van der Waals surface area contributed by atoms with Crippen LogP contribution in [-0.2, 0) is 6.54 Å². The minimum Gasteiger partial charge on any atom is -0.490 e. The van der Waals surface area contributed by atoms with E-state index < -0.39 is 6.04 Å². The Morgan fingerprint density at radius 1 is 1.06 bits per heavy atom. The fourth-order valence-corrected chi connectivity index (χ4v) is 4.81. The summed E-state index contributed by atoms with van der Waals surface area (Å²) >= 11 is 0. The second-order valence-corrected chi connectivity index (χ2v) is 8.87. The number of amides is 1. The van der Waals surface area contributed by atoms with E-state index in [4.69, 9.17) is 18.6 Å². The van der Waals surface area contributed by atoms with Gasteiger partial charge in [0.25, 0.3) is 5.91 Å². The Bertz CT molecular complexity index is 1590. The molecule has 1 atom stereocenters. The summed E-state index contributed by atoms with van der Waals surface area (Å²) in [6, 6.07) is 17.7. The largest absolute Gasteiger partial charge is 0.490 e. The number of fused-ring (bicyclic) bond motifs is 3. The van der Waals surface area contributed by atoms with Gasteiger partial charge in [-0.1, -0.05) is 42.5 Å². The molecule has 180 valence electrons. The van der Waals surface area contributed by atoms with Crippen molar-refractivity contribution >= 4 is 16.9 Å². The number of hydrogen-bond acceptors (Lipinski definition) is 6. The van der Waals surface area contributed by atoms with E-state index in [0.29, 0.717) is 40.4 Å². The second kappa shape index (κ2) is 8.61. The van der Waals surface area contributed by atoms with Crippen molar-refractivity contribution in [1.29, 1.82) is 0 Å². The first kappa shape index (κ1) is 22.0. The Morgan fingerprint density at radius 2 is 1.92 bits per heavy atom. The summed E-state index contributed by atoms with van der Waals surface area (Å²) in [5, 5.41) is 0.454. The van der Waals surface area contributed by atoms with Crippen molar-refractivity contribution in [3.8, 4) is 17.2 Å².